The molecule has 0 heterocycles. The molecule has 0 unspecified atom stereocenters. The van der Waals surface area contributed by atoms with Crippen molar-refractivity contribution in [2.45, 2.75) is 0 Å². The SMILES string of the molecule is C=C=CNc1ccc(Cl)cc1. The first kappa shape index (κ1) is 7.93. The van der Waals surface area contributed by atoms with Crippen molar-refractivity contribution < 1.29 is 0 Å². The van der Waals surface area contributed by atoms with Crippen LogP contribution in [-0.2, 0) is 0 Å². The maximum atomic E-state index is 5.68. The standard InChI is InChI=1S/C9H8ClN/c1-2-7-11-9-5-3-8(10)4-6-9/h3-7,11H,1H2. The maximum absolute atomic E-state index is 5.68. The molecule has 1 aromatic carbocycles. The van der Waals surface area contributed by atoms with Crippen molar-refractivity contribution in [2.24, 2.45) is 0 Å². The Morgan fingerprint density at radius 1 is 1.36 bits per heavy atom. The molecule has 0 fully saturated rings. The van der Waals surface area contributed by atoms with E-state index in [1.54, 1.807) is 6.20 Å². The monoisotopic (exact) mass is 165 g/mol. The first-order chi connectivity index (χ1) is 5.33. The normalized spacial score (nSPS) is 8.45. The van der Waals surface area contributed by atoms with E-state index < -0.39 is 0 Å². The van der Waals surface area contributed by atoms with Crippen LogP contribution in [0.3, 0.4) is 0 Å². The largest absolute Gasteiger partial charge is 0.355 e. The zero-order valence-corrected chi connectivity index (χ0v) is 6.73. The minimum Gasteiger partial charge on any atom is -0.355 e. The lowest BCUT2D eigenvalue weighted by molar-refractivity contribution is 1.59. The predicted molar refractivity (Wildman–Crippen MR) is 48.8 cm³/mol. The zero-order valence-electron chi connectivity index (χ0n) is 5.97. The number of hydrogen-bond donors (Lipinski definition) is 1. The summed E-state index contributed by atoms with van der Waals surface area (Å²) < 4.78 is 0. The van der Waals surface area contributed by atoms with Gasteiger partial charge in [-0.3, -0.25) is 0 Å². The van der Waals surface area contributed by atoms with Crippen LogP contribution in [0.25, 0.3) is 0 Å². The van der Waals surface area contributed by atoms with Crippen LogP contribution >= 0.6 is 11.6 Å². The second-order valence-electron chi connectivity index (χ2n) is 2.00. The van der Waals surface area contributed by atoms with Crippen LogP contribution < -0.4 is 5.32 Å². The van der Waals surface area contributed by atoms with E-state index in [0.717, 1.165) is 10.7 Å². The highest BCUT2D eigenvalue weighted by molar-refractivity contribution is 6.30. The van der Waals surface area contributed by atoms with Gasteiger partial charge in [-0.2, -0.15) is 0 Å². The van der Waals surface area contributed by atoms with E-state index >= 15 is 0 Å². The molecule has 0 saturated carbocycles. The van der Waals surface area contributed by atoms with Crippen molar-refractivity contribution in [1.82, 2.24) is 0 Å². The minimum absolute atomic E-state index is 0.734. The minimum atomic E-state index is 0.734. The average molecular weight is 166 g/mol. The molecule has 0 bridgehead atoms. The fourth-order valence-electron chi connectivity index (χ4n) is 0.680. The molecule has 1 N–H and O–H groups in total. The van der Waals surface area contributed by atoms with E-state index in [0.29, 0.717) is 0 Å². The first-order valence-corrected chi connectivity index (χ1v) is 3.57. The molecule has 0 aliphatic carbocycles. The topological polar surface area (TPSA) is 12.0 Å². The van der Waals surface area contributed by atoms with E-state index in [-0.39, 0.29) is 0 Å². The van der Waals surface area contributed by atoms with Crippen molar-refractivity contribution in [3.63, 3.8) is 0 Å². The van der Waals surface area contributed by atoms with Gasteiger partial charge in [0.2, 0.25) is 0 Å². The highest BCUT2D eigenvalue weighted by Crippen LogP contribution is 2.12. The average Bonchev–Trinajstić information content (AvgIpc) is 2.04. The molecule has 0 spiro atoms. The summed E-state index contributed by atoms with van der Waals surface area (Å²) in [4.78, 5) is 0. The molecule has 1 nitrogen and oxygen atoms in total. The summed E-state index contributed by atoms with van der Waals surface area (Å²) in [6.45, 7) is 3.42. The molecule has 0 amide bonds. The molecule has 11 heavy (non-hydrogen) atoms. The molecule has 0 atom stereocenters. The van der Waals surface area contributed by atoms with Crippen molar-refractivity contribution in [3.05, 3.63) is 47.8 Å². The van der Waals surface area contributed by atoms with Crippen LogP contribution in [0.5, 0.6) is 0 Å². The van der Waals surface area contributed by atoms with Crippen LogP contribution in [0, 0.1) is 0 Å². The van der Waals surface area contributed by atoms with E-state index in [1.165, 1.54) is 0 Å². The molecule has 0 radical (unpaired) electrons. The highest BCUT2D eigenvalue weighted by atomic mass is 35.5. The van der Waals surface area contributed by atoms with Gasteiger partial charge in [0, 0.05) is 16.9 Å². The summed E-state index contributed by atoms with van der Waals surface area (Å²) in [5, 5.41) is 3.70. The van der Waals surface area contributed by atoms with E-state index in [1.807, 2.05) is 24.3 Å². The Morgan fingerprint density at radius 2 is 2.00 bits per heavy atom. The molecular weight excluding hydrogens is 158 g/mol. The van der Waals surface area contributed by atoms with Crippen LogP contribution in [0.2, 0.25) is 5.02 Å². The summed E-state index contributed by atoms with van der Waals surface area (Å²) in [7, 11) is 0. The van der Waals surface area contributed by atoms with Crippen molar-refractivity contribution in [3.8, 4) is 0 Å². The quantitative estimate of drug-likeness (QED) is 0.665. The second kappa shape index (κ2) is 3.87. The fraction of sp³-hybridized carbons (Fsp3) is 0. The Balaban J connectivity index is 2.73. The lowest BCUT2D eigenvalue weighted by atomic mass is 10.3. The highest BCUT2D eigenvalue weighted by Gasteiger charge is 1.86. The Morgan fingerprint density at radius 3 is 2.55 bits per heavy atom. The van der Waals surface area contributed by atoms with Gasteiger partial charge in [-0.25, -0.2) is 0 Å². The molecule has 0 saturated heterocycles. The molecular formula is C9H8ClN. The zero-order chi connectivity index (χ0) is 8.10. The van der Waals surface area contributed by atoms with Crippen LogP contribution in [0.4, 0.5) is 5.69 Å². The smallest absolute Gasteiger partial charge is 0.0435 e. The number of hydrogen-bond acceptors (Lipinski definition) is 1. The summed E-state index contributed by atoms with van der Waals surface area (Å²) >= 11 is 5.68. The van der Waals surface area contributed by atoms with Crippen molar-refractivity contribution >= 4 is 17.3 Å². The Hall–Kier alpha value is -1.17. The summed E-state index contributed by atoms with van der Waals surface area (Å²) in [5.41, 5.74) is 3.59. The second-order valence-corrected chi connectivity index (χ2v) is 2.44. The van der Waals surface area contributed by atoms with E-state index in [2.05, 4.69) is 17.6 Å². The number of halogens is 1. The molecule has 1 rings (SSSR count). The molecule has 0 aromatic heterocycles. The van der Waals surface area contributed by atoms with Crippen LogP contribution in [0.1, 0.15) is 0 Å². The lowest BCUT2D eigenvalue weighted by Crippen LogP contribution is -1.83. The number of anilines is 1. The summed E-state index contributed by atoms with van der Waals surface area (Å²) in [6.07, 6.45) is 1.64. The molecule has 0 aliphatic rings. The molecule has 2 heteroatoms. The van der Waals surface area contributed by atoms with Gasteiger partial charge in [-0.05, 0) is 24.3 Å². The van der Waals surface area contributed by atoms with Gasteiger partial charge < -0.3 is 5.32 Å². The van der Waals surface area contributed by atoms with Gasteiger partial charge in [0.1, 0.15) is 0 Å². The Labute approximate surface area is 71.0 Å². The van der Waals surface area contributed by atoms with Crippen molar-refractivity contribution in [1.29, 1.82) is 0 Å². The predicted octanol–water partition coefficient (Wildman–Crippen LogP) is 3.05. The van der Waals surface area contributed by atoms with Gasteiger partial charge >= 0.3 is 0 Å². The molecule has 56 valence electrons. The number of rotatable bonds is 2. The summed E-state index contributed by atoms with van der Waals surface area (Å²) in [6, 6.07) is 7.41. The van der Waals surface area contributed by atoms with Gasteiger partial charge in [0.05, 0.1) is 0 Å². The number of benzene rings is 1. The van der Waals surface area contributed by atoms with Crippen LogP contribution in [0.15, 0.2) is 42.8 Å². The van der Waals surface area contributed by atoms with E-state index in [9.17, 15) is 0 Å². The maximum Gasteiger partial charge on any atom is 0.0435 e. The number of nitrogens with one attached hydrogen (secondary N) is 1. The lowest BCUT2D eigenvalue weighted by Gasteiger charge is -1.97. The fourth-order valence-corrected chi connectivity index (χ4v) is 0.806. The van der Waals surface area contributed by atoms with Crippen LogP contribution in [-0.4, -0.2) is 0 Å². The van der Waals surface area contributed by atoms with Gasteiger partial charge in [-0.1, -0.05) is 18.2 Å². The van der Waals surface area contributed by atoms with Gasteiger partial charge in [0.15, 0.2) is 0 Å². The molecule has 1 aromatic rings. The van der Waals surface area contributed by atoms with Gasteiger partial charge in [-0.15, -0.1) is 5.73 Å². The van der Waals surface area contributed by atoms with Gasteiger partial charge in [0.25, 0.3) is 0 Å². The third-order valence-electron chi connectivity index (χ3n) is 1.19. The third-order valence-corrected chi connectivity index (χ3v) is 1.44. The molecule has 0 aliphatic heterocycles. The third kappa shape index (κ3) is 2.50. The Kier molecular flexibility index (Phi) is 2.79. The first-order valence-electron chi connectivity index (χ1n) is 3.19. The Bertz CT molecular complexity index is 270. The van der Waals surface area contributed by atoms with Crippen molar-refractivity contribution in [2.75, 3.05) is 5.32 Å². The van der Waals surface area contributed by atoms with E-state index in [4.69, 9.17) is 11.6 Å². The summed E-state index contributed by atoms with van der Waals surface area (Å²) in [5.74, 6) is 0.